The van der Waals surface area contributed by atoms with Gasteiger partial charge in [-0.05, 0) is 42.3 Å². The van der Waals surface area contributed by atoms with Crippen molar-refractivity contribution in [3.8, 4) is 11.5 Å². The molecule has 4 aromatic rings. The second-order valence-corrected chi connectivity index (χ2v) is 6.62. The van der Waals surface area contributed by atoms with E-state index in [4.69, 9.17) is 4.42 Å². The Morgan fingerprint density at radius 3 is 2.48 bits per heavy atom. The first-order chi connectivity index (χ1) is 14.8. The van der Waals surface area contributed by atoms with E-state index in [-0.39, 0.29) is 23.9 Å². The van der Waals surface area contributed by atoms with Crippen LogP contribution in [0, 0.1) is 30.2 Å². The maximum absolute atomic E-state index is 13.9. The second kappa shape index (κ2) is 8.01. The zero-order chi connectivity index (χ0) is 22.1. The second-order valence-electron chi connectivity index (χ2n) is 6.62. The van der Waals surface area contributed by atoms with Gasteiger partial charge in [-0.25, -0.2) is 13.2 Å². The highest BCUT2D eigenvalue weighted by atomic mass is 19.2. The third-order valence-electron chi connectivity index (χ3n) is 4.44. The van der Waals surface area contributed by atoms with Gasteiger partial charge in [0.05, 0.1) is 6.54 Å². The van der Waals surface area contributed by atoms with Gasteiger partial charge in [0.1, 0.15) is 0 Å². The molecule has 0 aliphatic rings. The van der Waals surface area contributed by atoms with Gasteiger partial charge in [-0.3, -0.25) is 4.79 Å². The Labute approximate surface area is 172 Å². The molecule has 158 valence electrons. The maximum atomic E-state index is 13.9. The first-order valence-corrected chi connectivity index (χ1v) is 8.86. The van der Waals surface area contributed by atoms with Crippen molar-refractivity contribution in [1.82, 2.24) is 19.7 Å². The number of nitrogens with one attached hydrogen (secondary N) is 1. The standard InChI is InChI=1S/C20H13F4N5O2/c1-10-2-3-12(19-28-25-9-31-19)6-16(10)26-20-27-18(30)15(23)8-29(20)7-11-4-13(21)17(24)14(22)5-11/h2-6,8-9H,7H2,1H3,(H,26,27,30). The van der Waals surface area contributed by atoms with E-state index >= 15 is 0 Å². The molecule has 0 radical (unpaired) electrons. The minimum atomic E-state index is -1.61. The maximum Gasteiger partial charge on any atom is 0.310 e. The molecule has 2 aromatic carbocycles. The third kappa shape index (κ3) is 4.15. The summed E-state index contributed by atoms with van der Waals surface area (Å²) in [4.78, 5) is 15.5. The van der Waals surface area contributed by atoms with Crippen LogP contribution in [0.2, 0.25) is 0 Å². The topological polar surface area (TPSA) is 85.8 Å². The van der Waals surface area contributed by atoms with Crippen LogP contribution in [-0.2, 0) is 6.54 Å². The SMILES string of the molecule is Cc1ccc(-c2nnco2)cc1Nc1nc(=O)c(F)cn1Cc1cc(F)c(F)c(F)c1. The summed E-state index contributed by atoms with van der Waals surface area (Å²) >= 11 is 0. The monoisotopic (exact) mass is 431 g/mol. The van der Waals surface area contributed by atoms with Gasteiger partial charge in [-0.1, -0.05) is 6.07 Å². The summed E-state index contributed by atoms with van der Waals surface area (Å²) in [5, 5.41) is 10.3. The van der Waals surface area contributed by atoms with Gasteiger partial charge in [0.25, 0.3) is 0 Å². The van der Waals surface area contributed by atoms with Crippen molar-refractivity contribution in [1.29, 1.82) is 0 Å². The summed E-state index contributed by atoms with van der Waals surface area (Å²) in [6, 6.07) is 6.70. The van der Waals surface area contributed by atoms with E-state index in [0.29, 0.717) is 11.3 Å². The van der Waals surface area contributed by atoms with Gasteiger partial charge in [0, 0.05) is 17.4 Å². The Morgan fingerprint density at radius 1 is 1.06 bits per heavy atom. The van der Waals surface area contributed by atoms with E-state index in [1.54, 1.807) is 25.1 Å². The Morgan fingerprint density at radius 2 is 1.81 bits per heavy atom. The molecule has 0 saturated heterocycles. The molecule has 7 nitrogen and oxygen atoms in total. The third-order valence-corrected chi connectivity index (χ3v) is 4.44. The molecule has 0 fully saturated rings. The van der Waals surface area contributed by atoms with Gasteiger partial charge in [-0.2, -0.15) is 9.37 Å². The minimum Gasteiger partial charge on any atom is -0.423 e. The largest absolute Gasteiger partial charge is 0.423 e. The molecular formula is C20H13F4N5O2. The average molecular weight is 431 g/mol. The molecule has 2 heterocycles. The molecule has 1 N–H and O–H groups in total. The molecule has 0 bridgehead atoms. The van der Waals surface area contributed by atoms with Crippen LogP contribution in [-0.4, -0.2) is 19.7 Å². The molecule has 0 amide bonds. The molecule has 0 aliphatic carbocycles. The smallest absolute Gasteiger partial charge is 0.310 e. The average Bonchev–Trinajstić information content (AvgIpc) is 3.26. The fraction of sp³-hybridized carbons (Fsp3) is 0.100. The zero-order valence-electron chi connectivity index (χ0n) is 15.9. The highest BCUT2D eigenvalue weighted by Crippen LogP contribution is 2.26. The molecule has 2 aromatic heterocycles. The summed E-state index contributed by atoms with van der Waals surface area (Å²) < 4.78 is 60.6. The van der Waals surface area contributed by atoms with Gasteiger partial charge in [0.15, 0.2) is 17.5 Å². The van der Waals surface area contributed by atoms with Gasteiger partial charge in [-0.15, -0.1) is 10.2 Å². The van der Waals surface area contributed by atoms with Crippen LogP contribution in [0.5, 0.6) is 0 Å². The number of aromatic nitrogens is 4. The lowest BCUT2D eigenvalue weighted by Gasteiger charge is -2.16. The first-order valence-electron chi connectivity index (χ1n) is 8.86. The number of benzene rings is 2. The van der Waals surface area contributed by atoms with Crippen molar-refractivity contribution in [3.05, 3.63) is 87.7 Å². The Hall–Kier alpha value is -4.02. The van der Waals surface area contributed by atoms with Crippen molar-refractivity contribution in [3.63, 3.8) is 0 Å². The summed E-state index contributed by atoms with van der Waals surface area (Å²) in [5.41, 5.74) is 0.678. The van der Waals surface area contributed by atoms with Crippen molar-refractivity contribution in [2.75, 3.05) is 5.32 Å². The predicted octanol–water partition coefficient (Wildman–Crippen LogP) is 3.95. The van der Waals surface area contributed by atoms with E-state index in [1.807, 2.05) is 0 Å². The molecule has 4 rings (SSSR count). The normalized spacial score (nSPS) is 11.0. The van der Waals surface area contributed by atoms with E-state index in [0.717, 1.165) is 28.5 Å². The predicted molar refractivity (Wildman–Crippen MR) is 102 cm³/mol. The van der Waals surface area contributed by atoms with E-state index in [1.165, 1.54) is 6.39 Å². The molecule has 11 heteroatoms. The summed E-state index contributed by atoms with van der Waals surface area (Å²) in [6.45, 7) is 1.49. The van der Waals surface area contributed by atoms with Gasteiger partial charge >= 0.3 is 5.56 Å². The molecule has 0 atom stereocenters. The number of nitrogens with zero attached hydrogens (tertiary/aromatic N) is 4. The van der Waals surface area contributed by atoms with E-state index in [9.17, 15) is 22.4 Å². The molecule has 0 spiro atoms. The number of aryl methyl sites for hydroxylation is 1. The highest BCUT2D eigenvalue weighted by Gasteiger charge is 2.15. The quantitative estimate of drug-likeness (QED) is 0.381. The van der Waals surface area contributed by atoms with Crippen LogP contribution in [0.15, 0.2) is 52.1 Å². The van der Waals surface area contributed by atoms with Gasteiger partial charge < -0.3 is 14.3 Å². The van der Waals surface area contributed by atoms with Crippen molar-refractivity contribution in [2.45, 2.75) is 13.5 Å². The highest BCUT2D eigenvalue weighted by molar-refractivity contribution is 5.67. The molecular weight excluding hydrogens is 418 g/mol. The number of halogens is 4. The van der Waals surface area contributed by atoms with Crippen molar-refractivity contribution < 1.29 is 22.0 Å². The number of rotatable bonds is 5. The Bertz CT molecular complexity index is 1300. The number of hydrogen-bond donors (Lipinski definition) is 1. The van der Waals surface area contributed by atoms with E-state index in [2.05, 4.69) is 20.5 Å². The summed E-state index contributed by atoms with van der Waals surface area (Å²) in [6.07, 6.45) is 2.01. The first kappa shape index (κ1) is 20.3. The summed E-state index contributed by atoms with van der Waals surface area (Å²) in [7, 11) is 0. The van der Waals surface area contributed by atoms with Crippen LogP contribution >= 0.6 is 0 Å². The van der Waals surface area contributed by atoms with Crippen molar-refractivity contribution >= 4 is 11.6 Å². The van der Waals surface area contributed by atoms with Crippen LogP contribution < -0.4 is 10.9 Å². The zero-order valence-corrected chi connectivity index (χ0v) is 15.9. The fourth-order valence-corrected chi connectivity index (χ4v) is 2.89. The minimum absolute atomic E-state index is 0.000585. The van der Waals surface area contributed by atoms with Crippen LogP contribution in [0.4, 0.5) is 29.2 Å². The molecule has 31 heavy (non-hydrogen) atoms. The van der Waals surface area contributed by atoms with E-state index < -0.39 is 28.8 Å². The lowest BCUT2D eigenvalue weighted by molar-refractivity contribution is 0.444. The Kier molecular flexibility index (Phi) is 5.24. The van der Waals surface area contributed by atoms with Crippen LogP contribution in [0.25, 0.3) is 11.5 Å². The lowest BCUT2D eigenvalue weighted by atomic mass is 10.1. The molecule has 0 unspecified atom stereocenters. The molecule has 0 aliphatic heterocycles. The fourth-order valence-electron chi connectivity index (χ4n) is 2.89. The van der Waals surface area contributed by atoms with Crippen LogP contribution in [0.3, 0.4) is 0 Å². The number of anilines is 2. The number of hydrogen-bond acceptors (Lipinski definition) is 6. The molecule has 0 saturated carbocycles. The summed E-state index contributed by atoms with van der Waals surface area (Å²) in [5.74, 6) is -5.39. The Balaban J connectivity index is 1.73. The van der Waals surface area contributed by atoms with Gasteiger partial charge in [0.2, 0.25) is 24.0 Å². The van der Waals surface area contributed by atoms with Crippen molar-refractivity contribution in [2.24, 2.45) is 0 Å². The van der Waals surface area contributed by atoms with Crippen LogP contribution in [0.1, 0.15) is 11.1 Å². The lowest BCUT2D eigenvalue weighted by Crippen LogP contribution is -2.20.